The van der Waals surface area contributed by atoms with Crippen molar-refractivity contribution in [3.63, 3.8) is 0 Å². The normalized spacial score (nSPS) is 14.0. The minimum Gasteiger partial charge on any atom is -0.481 e. The van der Waals surface area contributed by atoms with Crippen LogP contribution in [0.15, 0.2) is 75.4 Å². The predicted molar refractivity (Wildman–Crippen MR) is 134 cm³/mol. The number of aromatic nitrogens is 2. The summed E-state index contributed by atoms with van der Waals surface area (Å²) in [5.74, 6) is -2.17. The van der Waals surface area contributed by atoms with Crippen molar-refractivity contribution < 1.29 is 13.5 Å². The van der Waals surface area contributed by atoms with E-state index < -0.39 is 35.3 Å². The van der Waals surface area contributed by atoms with Gasteiger partial charge in [-0.05, 0) is 36.6 Å². The number of allylic oxidation sites excluding steroid dienone is 5. The Balaban J connectivity index is 2.02. The summed E-state index contributed by atoms with van der Waals surface area (Å²) in [6.07, 6.45) is 3.74. The monoisotopic (exact) mass is 496 g/mol. The summed E-state index contributed by atoms with van der Waals surface area (Å²) in [5.41, 5.74) is -0.445. The fourth-order valence-electron chi connectivity index (χ4n) is 3.91. The summed E-state index contributed by atoms with van der Waals surface area (Å²) in [6.45, 7) is 1.31. The molecule has 0 saturated carbocycles. The first-order valence-electron chi connectivity index (χ1n) is 10.7. The van der Waals surface area contributed by atoms with Crippen LogP contribution in [0, 0.1) is 17.7 Å². The van der Waals surface area contributed by atoms with Crippen LogP contribution < -0.4 is 11.2 Å². The molecule has 0 spiro atoms. The average molecular weight is 497 g/mol. The number of rotatable bonds is 5. The van der Waals surface area contributed by atoms with Crippen molar-refractivity contribution >= 4 is 33.3 Å². The zero-order chi connectivity index (χ0) is 25.3. The Labute approximate surface area is 202 Å². The molecule has 0 radical (unpaired) electrons. The fourth-order valence-corrected chi connectivity index (χ4v) is 5.21. The van der Waals surface area contributed by atoms with Crippen molar-refractivity contribution in [2.24, 2.45) is 0 Å². The van der Waals surface area contributed by atoms with Crippen molar-refractivity contribution in [1.82, 2.24) is 9.13 Å². The highest BCUT2D eigenvalue weighted by Gasteiger charge is 2.25. The lowest BCUT2D eigenvalue weighted by Crippen LogP contribution is -2.43. The number of benzene rings is 1. The minimum atomic E-state index is -0.902. The highest BCUT2D eigenvalue weighted by atomic mass is 32.1. The third-order valence-electron chi connectivity index (χ3n) is 5.72. The molecule has 2 heterocycles. The van der Waals surface area contributed by atoms with Gasteiger partial charge in [-0.25, -0.2) is 18.1 Å². The molecule has 4 rings (SSSR count). The minimum absolute atomic E-state index is 0.0245. The molecule has 0 saturated heterocycles. The smallest absolute Gasteiger partial charge is 0.338 e. The zero-order valence-electron chi connectivity index (χ0n) is 19.0. The Hall–Kier alpha value is -3.92. The van der Waals surface area contributed by atoms with Crippen LogP contribution in [0.2, 0.25) is 0 Å². The van der Waals surface area contributed by atoms with Crippen LogP contribution in [-0.4, -0.2) is 28.0 Å². The summed E-state index contributed by atoms with van der Waals surface area (Å²) in [5, 5.41) is 16.1. The molecule has 0 amide bonds. The van der Waals surface area contributed by atoms with Crippen molar-refractivity contribution in [3.05, 3.63) is 92.2 Å². The number of methoxy groups -OCH3 is 1. The summed E-state index contributed by atoms with van der Waals surface area (Å²) >= 11 is 1.19. The van der Waals surface area contributed by atoms with Crippen LogP contribution in [0.25, 0.3) is 20.7 Å². The standard InChI is InChI=1S/C25H22F2N4O3S/c1-14-21-23(32)31(19(28)11-12-20(29)34-2)25(33)30(13-16-17(26)9-6-10-18(16)27)24(21)35-22(14)15-7-4-3-5-8-15/h3-5,7-9,11-12,28-29H,6,10,13H2,1-2H3/b12-11-,28-19?,29-20?. The molecule has 35 heavy (non-hydrogen) atoms. The van der Waals surface area contributed by atoms with Crippen molar-refractivity contribution in [1.29, 1.82) is 10.8 Å². The van der Waals surface area contributed by atoms with E-state index in [0.29, 0.717) is 10.1 Å². The van der Waals surface area contributed by atoms with Gasteiger partial charge in [-0.3, -0.25) is 20.2 Å². The van der Waals surface area contributed by atoms with E-state index in [2.05, 4.69) is 0 Å². The predicted octanol–water partition coefficient (Wildman–Crippen LogP) is 5.08. The number of hydrogen-bond donors (Lipinski definition) is 2. The first-order valence-corrected chi connectivity index (χ1v) is 11.5. The molecule has 0 fully saturated rings. The third kappa shape index (κ3) is 4.44. The molecule has 1 aromatic carbocycles. The van der Waals surface area contributed by atoms with Crippen molar-refractivity contribution in [3.8, 4) is 10.4 Å². The molecule has 10 heteroatoms. The number of thiophene rings is 1. The number of nitrogens with zero attached hydrogens (tertiary/aromatic N) is 2. The number of halogens is 2. The molecular formula is C25H22F2N4O3S. The largest absolute Gasteiger partial charge is 0.481 e. The number of hydrogen-bond acceptors (Lipinski definition) is 6. The van der Waals surface area contributed by atoms with Gasteiger partial charge in [0.1, 0.15) is 22.3 Å². The highest BCUT2D eigenvalue weighted by molar-refractivity contribution is 7.22. The van der Waals surface area contributed by atoms with Crippen LogP contribution >= 0.6 is 11.3 Å². The molecule has 2 aromatic heterocycles. The molecule has 3 aromatic rings. The Morgan fingerprint density at radius 1 is 1.17 bits per heavy atom. The zero-order valence-corrected chi connectivity index (χ0v) is 19.8. The maximum absolute atomic E-state index is 14.6. The van der Waals surface area contributed by atoms with Crippen LogP contribution in [0.4, 0.5) is 8.78 Å². The van der Waals surface area contributed by atoms with Gasteiger partial charge in [-0.2, -0.15) is 0 Å². The number of aryl methyl sites for hydroxylation is 1. The molecule has 7 nitrogen and oxygen atoms in total. The second kappa shape index (κ2) is 9.75. The molecule has 0 atom stereocenters. The van der Waals surface area contributed by atoms with Crippen molar-refractivity contribution in [2.75, 3.05) is 7.11 Å². The van der Waals surface area contributed by atoms with E-state index in [9.17, 15) is 18.4 Å². The lowest BCUT2D eigenvalue weighted by molar-refractivity contribution is 0.403. The molecule has 0 aliphatic heterocycles. The number of fused-ring (bicyclic) bond motifs is 1. The highest BCUT2D eigenvalue weighted by Crippen LogP contribution is 2.37. The summed E-state index contributed by atoms with van der Waals surface area (Å²) in [6, 6.07) is 9.28. The molecule has 2 N–H and O–H groups in total. The van der Waals surface area contributed by atoms with Gasteiger partial charge >= 0.3 is 5.69 Å². The SMILES string of the molecule is COC(=N)/C=C\C(=N)n1c(=O)c2c(C)c(-c3ccccc3)sc2n(CC2=C(F)CCC=C2F)c1=O. The van der Waals surface area contributed by atoms with Gasteiger partial charge in [0.15, 0.2) is 0 Å². The second-order valence-electron chi connectivity index (χ2n) is 7.87. The number of ether oxygens (including phenoxy) is 1. The maximum atomic E-state index is 14.6. The molecule has 180 valence electrons. The average Bonchev–Trinajstić information content (AvgIpc) is 3.19. The van der Waals surface area contributed by atoms with Gasteiger partial charge in [-0.1, -0.05) is 30.3 Å². The maximum Gasteiger partial charge on any atom is 0.338 e. The van der Waals surface area contributed by atoms with Gasteiger partial charge in [0.05, 0.1) is 19.0 Å². The van der Waals surface area contributed by atoms with Gasteiger partial charge < -0.3 is 4.74 Å². The van der Waals surface area contributed by atoms with Gasteiger partial charge in [0, 0.05) is 22.9 Å². The molecular weight excluding hydrogens is 474 g/mol. The molecule has 1 aliphatic carbocycles. The van der Waals surface area contributed by atoms with Gasteiger partial charge in [0.25, 0.3) is 5.56 Å². The summed E-state index contributed by atoms with van der Waals surface area (Å²) in [7, 11) is 1.27. The van der Waals surface area contributed by atoms with E-state index >= 15 is 0 Å². The van der Waals surface area contributed by atoms with Crippen LogP contribution in [0.5, 0.6) is 0 Å². The summed E-state index contributed by atoms with van der Waals surface area (Å²) < 4.78 is 35.6. The molecule has 1 aliphatic rings. The van der Waals surface area contributed by atoms with Gasteiger partial charge in [0.2, 0.25) is 5.90 Å². The van der Waals surface area contributed by atoms with E-state index in [1.807, 2.05) is 30.3 Å². The fraction of sp³-hybridized carbons (Fsp3) is 0.200. The topological polar surface area (TPSA) is 101 Å². The Kier molecular flexibility index (Phi) is 6.74. The van der Waals surface area contributed by atoms with Gasteiger partial charge in [-0.15, -0.1) is 11.3 Å². The Morgan fingerprint density at radius 2 is 1.89 bits per heavy atom. The quantitative estimate of drug-likeness (QED) is 0.381. The summed E-state index contributed by atoms with van der Waals surface area (Å²) in [4.78, 5) is 28.0. The Morgan fingerprint density at radius 3 is 2.54 bits per heavy atom. The van der Waals surface area contributed by atoms with E-state index in [1.165, 1.54) is 24.5 Å². The first-order chi connectivity index (χ1) is 16.7. The van der Waals surface area contributed by atoms with E-state index in [4.69, 9.17) is 15.6 Å². The molecule has 0 unspecified atom stereocenters. The van der Waals surface area contributed by atoms with E-state index in [-0.39, 0.29) is 34.5 Å². The lowest BCUT2D eigenvalue weighted by Gasteiger charge is -2.16. The van der Waals surface area contributed by atoms with Crippen LogP contribution in [-0.2, 0) is 11.3 Å². The number of nitrogens with one attached hydrogen (secondary N) is 2. The lowest BCUT2D eigenvalue weighted by atomic mass is 10.0. The molecule has 0 bridgehead atoms. The first kappa shape index (κ1) is 24.2. The van der Waals surface area contributed by atoms with E-state index in [1.54, 1.807) is 6.92 Å². The van der Waals surface area contributed by atoms with Crippen LogP contribution in [0.1, 0.15) is 18.4 Å². The van der Waals surface area contributed by atoms with Crippen molar-refractivity contribution in [2.45, 2.75) is 26.3 Å². The third-order valence-corrected chi connectivity index (χ3v) is 7.09. The Bertz CT molecular complexity index is 1560. The van der Waals surface area contributed by atoms with Crippen LogP contribution in [0.3, 0.4) is 0 Å². The van der Waals surface area contributed by atoms with E-state index in [0.717, 1.165) is 27.2 Å². The second-order valence-corrected chi connectivity index (χ2v) is 8.87.